The molecule has 0 fully saturated rings. The van der Waals surface area contributed by atoms with Crippen molar-refractivity contribution in [3.05, 3.63) is 84.4 Å². The molecule has 0 heterocycles. The van der Waals surface area contributed by atoms with Crippen LogP contribution in [0.4, 0.5) is 0 Å². The van der Waals surface area contributed by atoms with E-state index in [-0.39, 0.29) is 13.2 Å². The lowest BCUT2D eigenvalue weighted by atomic mass is 10.2. The molecule has 0 unspecified atom stereocenters. The molecule has 0 aliphatic carbocycles. The number of ether oxygens (including phenoxy) is 2. The number of nitrogens with two attached hydrogens (primary N) is 1. The molecular formula is C23H26NO5P. The van der Waals surface area contributed by atoms with E-state index in [1.807, 2.05) is 60.7 Å². The molecule has 3 aromatic carbocycles. The molecule has 0 aliphatic rings. The van der Waals surface area contributed by atoms with E-state index >= 15 is 0 Å². The normalized spacial score (nSPS) is 12.4. The van der Waals surface area contributed by atoms with Gasteiger partial charge in [-0.1, -0.05) is 42.5 Å². The molecule has 0 radical (unpaired) electrons. The van der Waals surface area contributed by atoms with Crippen LogP contribution in [0.3, 0.4) is 0 Å². The van der Waals surface area contributed by atoms with Gasteiger partial charge in [0, 0.05) is 0 Å². The third-order valence-electron chi connectivity index (χ3n) is 4.21. The minimum absolute atomic E-state index is 0.230. The average molecular weight is 427 g/mol. The van der Waals surface area contributed by atoms with Crippen molar-refractivity contribution in [3.8, 4) is 23.0 Å². The summed E-state index contributed by atoms with van der Waals surface area (Å²) < 4.78 is 36.0. The number of benzene rings is 3. The van der Waals surface area contributed by atoms with E-state index in [9.17, 15) is 4.57 Å². The first-order valence-corrected chi connectivity index (χ1v) is 11.4. The van der Waals surface area contributed by atoms with Gasteiger partial charge in [0.2, 0.25) is 0 Å². The van der Waals surface area contributed by atoms with Gasteiger partial charge >= 0.3 is 7.60 Å². The fraction of sp³-hybridized carbons (Fsp3) is 0.217. The Kier molecular flexibility index (Phi) is 7.66. The van der Waals surface area contributed by atoms with Gasteiger partial charge in [-0.2, -0.15) is 0 Å². The van der Waals surface area contributed by atoms with Crippen LogP contribution in [0.5, 0.6) is 23.0 Å². The summed E-state index contributed by atoms with van der Waals surface area (Å²) in [5, 5.41) is 0. The zero-order valence-corrected chi connectivity index (χ0v) is 18.0. The quantitative estimate of drug-likeness (QED) is 0.372. The molecule has 0 amide bonds. The van der Waals surface area contributed by atoms with Crippen molar-refractivity contribution < 1.29 is 23.1 Å². The SMILES string of the molecule is CCOP(=O)(OCC)[C@@H](N)c1ccc(Oc2ccccc2)c(Oc2ccccc2)c1. The zero-order chi connectivity index (χ0) is 21.4. The average Bonchev–Trinajstić information content (AvgIpc) is 2.76. The molecular weight excluding hydrogens is 401 g/mol. The van der Waals surface area contributed by atoms with E-state index in [1.165, 1.54) is 0 Å². The Bertz CT molecular complexity index is 971. The fourth-order valence-corrected chi connectivity index (χ4v) is 4.49. The van der Waals surface area contributed by atoms with Crippen LogP contribution in [0.2, 0.25) is 0 Å². The standard InChI is InChI=1S/C23H26NO5P/c1-3-26-30(25,27-4-2)23(24)18-15-16-21(28-19-11-7-5-8-12-19)22(17-18)29-20-13-9-6-10-14-20/h5-17,23H,3-4,24H2,1-2H3/t23-/m1/s1. The predicted molar refractivity (Wildman–Crippen MR) is 117 cm³/mol. The predicted octanol–water partition coefficient (Wildman–Crippen LogP) is 6.49. The van der Waals surface area contributed by atoms with E-state index in [0.717, 1.165) is 0 Å². The molecule has 2 N–H and O–H groups in total. The Morgan fingerprint density at radius 2 is 1.27 bits per heavy atom. The van der Waals surface area contributed by atoms with Gasteiger partial charge in [-0.15, -0.1) is 0 Å². The molecule has 30 heavy (non-hydrogen) atoms. The van der Waals surface area contributed by atoms with E-state index in [2.05, 4.69) is 0 Å². The molecule has 158 valence electrons. The van der Waals surface area contributed by atoms with Crippen LogP contribution in [0.25, 0.3) is 0 Å². The second kappa shape index (κ2) is 10.4. The number of para-hydroxylation sites is 2. The third kappa shape index (κ3) is 5.49. The number of rotatable bonds is 10. The summed E-state index contributed by atoms with van der Waals surface area (Å²) in [6.07, 6.45) is 0. The Balaban J connectivity index is 1.97. The number of hydrogen-bond acceptors (Lipinski definition) is 6. The van der Waals surface area contributed by atoms with E-state index in [1.54, 1.807) is 32.0 Å². The van der Waals surface area contributed by atoms with Gasteiger partial charge in [0.15, 0.2) is 11.5 Å². The maximum atomic E-state index is 13.1. The molecule has 0 spiro atoms. The second-order valence-electron chi connectivity index (χ2n) is 6.36. The molecule has 0 aromatic heterocycles. The van der Waals surface area contributed by atoms with Crippen LogP contribution in [-0.2, 0) is 13.6 Å². The van der Waals surface area contributed by atoms with Crippen molar-refractivity contribution in [1.82, 2.24) is 0 Å². The highest BCUT2D eigenvalue weighted by atomic mass is 31.2. The first kappa shape index (κ1) is 22.1. The molecule has 6 nitrogen and oxygen atoms in total. The van der Waals surface area contributed by atoms with E-state index in [0.29, 0.717) is 28.6 Å². The highest BCUT2D eigenvalue weighted by molar-refractivity contribution is 7.54. The molecule has 1 atom stereocenters. The third-order valence-corrected chi connectivity index (χ3v) is 6.43. The summed E-state index contributed by atoms with van der Waals surface area (Å²) in [6.45, 7) is 3.96. The zero-order valence-electron chi connectivity index (χ0n) is 17.1. The summed E-state index contributed by atoms with van der Waals surface area (Å²) in [4.78, 5) is 0. The Hall–Kier alpha value is -2.63. The molecule has 0 saturated heterocycles. The Labute approximate surface area is 177 Å². The summed E-state index contributed by atoms with van der Waals surface area (Å²) in [6, 6.07) is 23.9. The molecule has 0 saturated carbocycles. The van der Waals surface area contributed by atoms with Gasteiger partial charge in [0.05, 0.1) is 13.2 Å². The lowest BCUT2D eigenvalue weighted by molar-refractivity contribution is 0.212. The largest absolute Gasteiger partial charge is 0.453 e. The molecule has 0 bridgehead atoms. The van der Waals surface area contributed by atoms with Gasteiger partial charge < -0.3 is 24.3 Å². The minimum atomic E-state index is -3.53. The van der Waals surface area contributed by atoms with Crippen molar-refractivity contribution in [1.29, 1.82) is 0 Å². The summed E-state index contributed by atoms with van der Waals surface area (Å²) in [7, 11) is -3.53. The Morgan fingerprint density at radius 3 is 1.77 bits per heavy atom. The highest BCUT2D eigenvalue weighted by Crippen LogP contribution is 2.58. The van der Waals surface area contributed by atoms with Crippen molar-refractivity contribution in [2.45, 2.75) is 19.6 Å². The maximum Gasteiger partial charge on any atom is 0.351 e. The fourth-order valence-electron chi connectivity index (χ4n) is 2.84. The summed E-state index contributed by atoms with van der Waals surface area (Å²) >= 11 is 0. The van der Waals surface area contributed by atoms with Crippen molar-refractivity contribution >= 4 is 7.60 Å². The smallest absolute Gasteiger partial charge is 0.351 e. The second-order valence-corrected chi connectivity index (χ2v) is 8.51. The van der Waals surface area contributed by atoms with Gasteiger partial charge in [0.1, 0.15) is 17.3 Å². The van der Waals surface area contributed by atoms with Crippen molar-refractivity contribution in [2.75, 3.05) is 13.2 Å². The van der Waals surface area contributed by atoms with Crippen LogP contribution < -0.4 is 15.2 Å². The Morgan fingerprint density at radius 1 is 0.767 bits per heavy atom. The summed E-state index contributed by atoms with van der Waals surface area (Å²) in [5.41, 5.74) is 6.86. The molecule has 3 aromatic rings. The van der Waals surface area contributed by atoms with Crippen molar-refractivity contribution in [2.24, 2.45) is 5.73 Å². The van der Waals surface area contributed by atoms with Gasteiger partial charge in [-0.25, -0.2) is 0 Å². The molecule has 0 aliphatic heterocycles. The highest BCUT2D eigenvalue weighted by Gasteiger charge is 2.34. The topological polar surface area (TPSA) is 80.0 Å². The summed E-state index contributed by atoms with van der Waals surface area (Å²) in [5.74, 6) is 1.29. The van der Waals surface area contributed by atoms with Gasteiger partial charge in [0.25, 0.3) is 0 Å². The minimum Gasteiger partial charge on any atom is -0.453 e. The lowest BCUT2D eigenvalue weighted by Gasteiger charge is -2.24. The number of hydrogen-bond donors (Lipinski definition) is 1. The van der Waals surface area contributed by atoms with Gasteiger partial charge in [-0.3, -0.25) is 4.57 Å². The maximum absolute atomic E-state index is 13.1. The van der Waals surface area contributed by atoms with Gasteiger partial charge in [-0.05, 0) is 55.8 Å². The monoisotopic (exact) mass is 427 g/mol. The van der Waals surface area contributed by atoms with Crippen molar-refractivity contribution in [3.63, 3.8) is 0 Å². The van der Waals surface area contributed by atoms with Crippen LogP contribution in [0.1, 0.15) is 25.2 Å². The van der Waals surface area contributed by atoms with Crippen LogP contribution in [0.15, 0.2) is 78.9 Å². The lowest BCUT2D eigenvalue weighted by Crippen LogP contribution is -2.15. The van der Waals surface area contributed by atoms with E-state index < -0.39 is 13.4 Å². The van der Waals surface area contributed by atoms with E-state index in [4.69, 9.17) is 24.3 Å². The van der Waals surface area contributed by atoms with Crippen LogP contribution in [0, 0.1) is 0 Å². The van der Waals surface area contributed by atoms with Crippen LogP contribution >= 0.6 is 7.60 Å². The molecule has 7 heteroatoms. The molecule has 3 rings (SSSR count). The van der Waals surface area contributed by atoms with Crippen LogP contribution in [-0.4, -0.2) is 13.2 Å². The first-order chi connectivity index (χ1) is 14.6. The first-order valence-electron chi connectivity index (χ1n) is 9.80.